The third-order valence-corrected chi connectivity index (χ3v) is 2.89. The molecule has 2 nitrogen and oxygen atoms in total. The molecule has 0 aromatic heterocycles. The van der Waals surface area contributed by atoms with E-state index in [2.05, 4.69) is 44.8 Å². The van der Waals surface area contributed by atoms with Crippen LogP contribution in [0.15, 0.2) is 22.8 Å². The molecule has 0 aromatic carbocycles. The molecule has 16 heavy (non-hydrogen) atoms. The van der Waals surface area contributed by atoms with Crippen molar-refractivity contribution in [2.45, 2.75) is 40.7 Å². The predicted molar refractivity (Wildman–Crippen MR) is 65.6 cm³/mol. The standard InChI is InChI=1S/C13H21N2.Re/c1-10(14)13(5)8-11(12(2,3)4)6-7-15-9-13;/h7-10H,14H2,1-5H3;/q-1;. The van der Waals surface area contributed by atoms with Gasteiger partial charge in [-0.3, -0.25) is 4.99 Å². The molecule has 0 bridgehead atoms. The van der Waals surface area contributed by atoms with Crippen LogP contribution in [0.5, 0.6) is 0 Å². The topological polar surface area (TPSA) is 38.4 Å². The van der Waals surface area contributed by atoms with Gasteiger partial charge in [0, 0.05) is 20.4 Å². The number of rotatable bonds is 1. The van der Waals surface area contributed by atoms with E-state index in [0.29, 0.717) is 0 Å². The van der Waals surface area contributed by atoms with Crippen LogP contribution in [0.25, 0.3) is 0 Å². The molecule has 0 aliphatic carbocycles. The fraction of sp³-hybridized carbons (Fsp3) is 0.615. The molecule has 2 N–H and O–H groups in total. The first-order chi connectivity index (χ1) is 6.76. The number of hydrogen-bond acceptors (Lipinski definition) is 2. The van der Waals surface area contributed by atoms with Crippen LogP contribution in [0.3, 0.4) is 0 Å². The van der Waals surface area contributed by atoms with Gasteiger partial charge in [0.05, 0.1) is 0 Å². The van der Waals surface area contributed by atoms with Crippen LogP contribution in [-0.4, -0.2) is 12.3 Å². The largest absolute Gasteiger partial charge is 0.328 e. The monoisotopic (exact) mass is 392 g/mol. The molecular weight excluding hydrogens is 370 g/mol. The summed E-state index contributed by atoms with van der Waals surface area (Å²) in [5.74, 6) is 0. The van der Waals surface area contributed by atoms with Crippen LogP contribution < -0.4 is 5.73 Å². The second kappa shape index (κ2) is 5.40. The molecule has 0 saturated heterocycles. The number of allylic oxidation sites excluding steroid dienone is 2. The molecule has 0 aromatic rings. The number of nitrogens with two attached hydrogens (primary N) is 1. The van der Waals surface area contributed by atoms with Gasteiger partial charge in [-0.25, -0.2) is 17.7 Å². The van der Waals surface area contributed by atoms with Gasteiger partial charge in [-0.05, 0) is 23.1 Å². The van der Waals surface area contributed by atoms with E-state index in [1.165, 1.54) is 5.57 Å². The van der Waals surface area contributed by atoms with Gasteiger partial charge in [-0.15, -0.1) is 0 Å². The molecule has 2 unspecified atom stereocenters. The van der Waals surface area contributed by atoms with E-state index in [1.807, 2.05) is 13.1 Å². The van der Waals surface area contributed by atoms with Crippen LogP contribution >= 0.6 is 0 Å². The molecule has 1 rings (SSSR count). The van der Waals surface area contributed by atoms with Crippen LogP contribution in [0, 0.1) is 16.9 Å². The first-order valence-electron chi connectivity index (χ1n) is 5.37. The van der Waals surface area contributed by atoms with Gasteiger partial charge in [0.2, 0.25) is 0 Å². The summed E-state index contributed by atoms with van der Waals surface area (Å²) in [4.78, 5) is 4.22. The summed E-state index contributed by atoms with van der Waals surface area (Å²) < 4.78 is 0. The first-order valence-corrected chi connectivity index (χ1v) is 5.37. The molecule has 91 valence electrons. The molecule has 1 radical (unpaired) electrons. The minimum absolute atomic E-state index is 0. The van der Waals surface area contributed by atoms with Crippen molar-refractivity contribution < 1.29 is 20.4 Å². The van der Waals surface area contributed by atoms with Gasteiger partial charge in [0.15, 0.2) is 0 Å². The summed E-state index contributed by atoms with van der Waals surface area (Å²) in [5, 5.41) is 0. The minimum Gasteiger partial charge on any atom is -0.328 e. The van der Waals surface area contributed by atoms with Crippen molar-refractivity contribution in [3.8, 4) is 0 Å². The molecule has 0 amide bonds. The molecule has 2 atom stereocenters. The van der Waals surface area contributed by atoms with E-state index >= 15 is 0 Å². The number of nitrogens with zero attached hydrogens (tertiary/aromatic N) is 1. The van der Waals surface area contributed by atoms with Gasteiger partial charge in [-0.1, -0.05) is 40.8 Å². The minimum atomic E-state index is -0.178. The van der Waals surface area contributed by atoms with Crippen molar-refractivity contribution in [1.29, 1.82) is 0 Å². The molecule has 1 aliphatic rings. The van der Waals surface area contributed by atoms with Crippen molar-refractivity contribution >= 4 is 6.21 Å². The van der Waals surface area contributed by atoms with Crippen LogP contribution in [-0.2, 0) is 20.4 Å². The Kier molecular flexibility index (Phi) is 5.33. The summed E-state index contributed by atoms with van der Waals surface area (Å²) in [6.45, 7) is 10.6. The Morgan fingerprint density at radius 3 is 2.44 bits per heavy atom. The van der Waals surface area contributed by atoms with Crippen molar-refractivity contribution in [1.82, 2.24) is 0 Å². The second-order valence-electron chi connectivity index (χ2n) is 5.51. The maximum atomic E-state index is 6.00. The quantitative estimate of drug-likeness (QED) is 0.686. The van der Waals surface area contributed by atoms with Gasteiger partial charge >= 0.3 is 0 Å². The zero-order valence-electron chi connectivity index (χ0n) is 10.7. The van der Waals surface area contributed by atoms with Crippen LogP contribution in [0.1, 0.15) is 34.6 Å². The van der Waals surface area contributed by atoms with Gasteiger partial charge in [0.1, 0.15) is 0 Å². The van der Waals surface area contributed by atoms with Crippen LogP contribution in [0.2, 0.25) is 0 Å². The Bertz CT molecular complexity index is 321. The third kappa shape index (κ3) is 3.66. The molecule has 0 fully saturated rings. The summed E-state index contributed by atoms with van der Waals surface area (Å²) >= 11 is 0. The molecule has 3 heteroatoms. The van der Waals surface area contributed by atoms with E-state index in [1.54, 1.807) is 6.20 Å². The molecular formula is C13H21N2Re-. The summed E-state index contributed by atoms with van der Waals surface area (Å²) in [5.41, 5.74) is 7.07. The van der Waals surface area contributed by atoms with E-state index in [9.17, 15) is 0 Å². The van der Waals surface area contributed by atoms with Crippen LogP contribution in [0.4, 0.5) is 0 Å². The Morgan fingerprint density at radius 2 is 2.00 bits per heavy atom. The van der Waals surface area contributed by atoms with Crippen molar-refractivity contribution in [2.75, 3.05) is 0 Å². The maximum Gasteiger partial charge on any atom is 0 e. The summed E-state index contributed by atoms with van der Waals surface area (Å²) in [6.07, 6.45) is 9.03. The Balaban J connectivity index is 0.00000225. The molecule has 0 saturated carbocycles. The molecule has 0 spiro atoms. The Hall–Kier alpha value is -0.228. The third-order valence-electron chi connectivity index (χ3n) is 2.89. The molecule has 1 heterocycles. The SMILES string of the molecule is CC(N)C1(C)C=NC=[C-]C(C(C)(C)C)=C1.[Re]. The zero-order valence-corrected chi connectivity index (χ0v) is 13.4. The Morgan fingerprint density at radius 1 is 1.44 bits per heavy atom. The van der Waals surface area contributed by atoms with Crippen molar-refractivity contribution in [3.63, 3.8) is 0 Å². The maximum absolute atomic E-state index is 6.00. The Labute approximate surface area is 113 Å². The zero-order chi connectivity index (χ0) is 11.7. The van der Waals surface area contributed by atoms with Crippen molar-refractivity contribution in [2.24, 2.45) is 21.6 Å². The van der Waals surface area contributed by atoms with Crippen molar-refractivity contribution in [3.05, 3.63) is 23.9 Å². The molecule has 1 aliphatic heterocycles. The average Bonchev–Trinajstić information content (AvgIpc) is 2.27. The number of aliphatic imine (C=N–C) groups is 1. The summed E-state index contributed by atoms with van der Waals surface area (Å²) in [6, 6.07) is 0.0481. The normalized spacial score (nSPS) is 26.8. The first kappa shape index (κ1) is 15.8. The fourth-order valence-electron chi connectivity index (χ4n) is 1.38. The van der Waals surface area contributed by atoms with E-state index in [0.717, 1.165) is 0 Å². The second-order valence-corrected chi connectivity index (χ2v) is 5.51. The van der Waals surface area contributed by atoms with Gasteiger partial charge in [-0.2, -0.15) is 0 Å². The van der Waals surface area contributed by atoms with E-state index in [-0.39, 0.29) is 37.3 Å². The van der Waals surface area contributed by atoms with E-state index in [4.69, 9.17) is 5.73 Å². The van der Waals surface area contributed by atoms with Gasteiger partial charge in [0.25, 0.3) is 0 Å². The fourth-order valence-corrected chi connectivity index (χ4v) is 1.38. The summed E-state index contributed by atoms with van der Waals surface area (Å²) in [7, 11) is 0. The smallest absolute Gasteiger partial charge is 0 e. The average molecular weight is 392 g/mol. The number of hydrogen-bond donors (Lipinski definition) is 1. The van der Waals surface area contributed by atoms with E-state index < -0.39 is 0 Å². The predicted octanol–water partition coefficient (Wildman–Crippen LogP) is 2.71. The van der Waals surface area contributed by atoms with Gasteiger partial charge < -0.3 is 5.73 Å².